The molecule has 4 aromatic rings. The fourth-order valence-corrected chi connectivity index (χ4v) is 4.59. The molecule has 1 aromatic heterocycles. The molecule has 0 spiro atoms. The van der Waals surface area contributed by atoms with Crippen molar-refractivity contribution in [2.45, 2.75) is 13.8 Å². The predicted octanol–water partition coefficient (Wildman–Crippen LogP) is 5.86. The summed E-state index contributed by atoms with van der Waals surface area (Å²) in [6, 6.07) is 22.0. The number of carbonyl (C=O) groups excluding carboxylic acids is 1. The normalized spacial score (nSPS) is 11.0. The van der Waals surface area contributed by atoms with Crippen molar-refractivity contribution in [2.75, 3.05) is 31.1 Å². The fraction of sp³-hybridized carbons (Fsp3) is 0.250. The summed E-state index contributed by atoms with van der Waals surface area (Å²) in [6.07, 6.45) is 0. The molecule has 0 bridgehead atoms. The molecule has 0 saturated heterocycles. The SMILES string of the molecule is CCN(CC)CCN(C(=O)c1cccc2ccccc12)c1nc2ccccc2s1.Cl. The highest BCUT2D eigenvalue weighted by molar-refractivity contribution is 7.22. The third-order valence-electron chi connectivity index (χ3n) is 5.31. The highest BCUT2D eigenvalue weighted by Crippen LogP contribution is 2.30. The van der Waals surface area contributed by atoms with Crippen molar-refractivity contribution in [1.29, 1.82) is 0 Å². The van der Waals surface area contributed by atoms with Gasteiger partial charge >= 0.3 is 0 Å². The van der Waals surface area contributed by atoms with Gasteiger partial charge in [-0.05, 0) is 42.1 Å². The van der Waals surface area contributed by atoms with E-state index in [1.807, 2.05) is 65.6 Å². The summed E-state index contributed by atoms with van der Waals surface area (Å²) in [5, 5.41) is 2.82. The van der Waals surface area contributed by atoms with E-state index in [4.69, 9.17) is 4.98 Å². The lowest BCUT2D eigenvalue weighted by atomic mass is 10.0. The van der Waals surface area contributed by atoms with Crippen LogP contribution in [0.15, 0.2) is 66.7 Å². The summed E-state index contributed by atoms with van der Waals surface area (Å²) in [5.41, 5.74) is 1.66. The van der Waals surface area contributed by atoms with E-state index in [2.05, 4.69) is 24.8 Å². The van der Waals surface area contributed by atoms with Crippen LogP contribution in [0.3, 0.4) is 0 Å². The Morgan fingerprint density at radius 1 is 0.900 bits per heavy atom. The monoisotopic (exact) mass is 439 g/mol. The number of carbonyl (C=O) groups is 1. The number of aromatic nitrogens is 1. The largest absolute Gasteiger partial charge is 0.302 e. The molecule has 3 aromatic carbocycles. The van der Waals surface area contributed by atoms with Crippen LogP contribution in [0.25, 0.3) is 21.0 Å². The van der Waals surface area contributed by atoms with Gasteiger partial charge in [0.1, 0.15) is 0 Å². The lowest BCUT2D eigenvalue weighted by Crippen LogP contribution is -2.39. The van der Waals surface area contributed by atoms with Crippen molar-refractivity contribution in [3.05, 3.63) is 72.3 Å². The molecule has 6 heteroatoms. The van der Waals surface area contributed by atoms with Crippen molar-refractivity contribution in [3.63, 3.8) is 0 Å². The molecule has 4 rings (SSSR count). The first-order valence-corrected chi connectivity index (χ1v) is 10.9. The van der Waals surface area contributed by atoms with E-state index in [1.165, 1.54) is 0 Å². The van der Waals surface area contributed by atoms with Gasteiger partial charge < -0.3 is 4.90 Å². The molecule has 0 aliphatic carbocycles. The Labute approximate surface area is 187 Å². The van der Waals surface area contributed by atoms with Gasteiger partial charge in [-0.3, -0.25) is 9.69 Å². The molecule has 0 fully saturated rings. The van der Waals surface area contributed by atoms with Gasteiger partial charge in [0.15, 0.2) is 5.13 Å². The number of fused-ring (bicyclic) bond motifs is 2. The van der Waals surface area contributed by atoms with Crippen molar-refractivity contribution < 1.29 is 4.79 Å². The first-order chi connectivity index (χ1) is 14.2. The fourth-order valence-electron chi connectivity index (χ4n) is 3.60. The van der Waals surface area contributed by atoms with Crippen LogP contribution in [0.2, 0.25) is 0 Å². The lowest BCUT2D eigenvalue weighted by Gasteiger charge is -2.25. The van der Waals surface area contributed by atoms with E-state index in [0.29, 0.717) is 6.54 Å². The van der Waals surface area contributed by atoms with E-state index in [-0.39, 0.29) is 18.3 Å². The highest BCUT2D eigenvalue weighted by atomic mass is 35.5. The molecule has 0 aliphatic rings. The third kappa shape index (κ3) is 4.48. The van der Waals surface area contributed by atoms with Crippen LogP contribution in [0, 0.1) is 0 Å². The van der Waals surface area contributed by atoms with E-state index in [1.54, 1.807) is 11.3 Å². The number of thiazole rings is 1. The highest BCUT2D eigenvalue weighted by Gasteiger charge is 2.23. The Kier molecular flexibility index (Phi) is 7.43. The maximum absolute atomic E-state index is 13.7. The third-order valence-corrected chi connectivity index (χ3v) is 6.37. The van der Waals surface area contributed by atoms with Gasteiger partial charge in [0.25, 0.3) is 5.91 Å². The van der Waals surface area contributed by atoms with Gasteiger partial charge in [0, 0.05) is 18.7 Å². The maximum atomic E-state index is 13.7. The minimum Gasteiger partial charge on any atom is -0.302 e. The van der Waals surface area contributed by atoms with Crippen LogP contribution in [0.4, 0.5) is 5.13 Å². The molecule has 1 heterocycles. The van der Waals surface area contributed by atoms with Crippen LogP contribution >= 0.6 is 23.7 Å². The number of rotatable bonds is 7. The number of halogens is 1. The summed E-state index contributed by atoms with van der Waals surface area (Å²) in [7, 11) is 0. The molecule has 0 N–H and O–H groups in total. The zero-order valence-electron chi connectivity index (χ0n) is 17.2. The number of hydrogen-bond acceptors (Lipinski definition) is 4. The van der Waals surface area contributed by atoms with E-state index >= 15 is 0 Å². The Morgan fingerprint density at radius 3 is 2.37 bits per heavy atom. The van der Waals surface area contributed by atoms with Crippen LogP contribution in [0.5, 0.6) is 0 Å². The zero-order chi connectivity index (χ0) is 20.2. The minimum atomic E-state index is 0. The number of likely N-dealkylation sites (N-methyl/N-ethyl adjacent to an activating group) is 1. The standard InChI is InChI=1S/C24H25N3OS.ClH/c1-3-26(4-2)16-17-27(24-25-21-14-7-8-15-22(21)29-24)23(28)20-13-9-11-18-10-5-6-12-19(18)20;/h5-15H,3-4,16-17H2,1-2H3;1H. The first-order valence-electron chi connectivity index (χ1n) is 10.1. The molecular weight excluding hydrogens is 414 g/mol. The average Bonchev–Trinajstić information content (AvgIpc) is 3.20. The molecule has 4 nitrogen and oxygen atoms in total. The second kappa shape index (κ2) is 10.0. The van der Waals surface area contributed by atoms with E-state index < -0.39 is 0 Å². The molecule has 0 aliphatic heterocycles. The van der Waals surface area contributed by atoms with Gasteiger partial charge in [-0.15, -0.1) is 12.4 Å². The van der Waals surface area contributed by atoms with Crippen molar-refractivity contribution in [3.8, 4) is 0 Å². The summed E-state index contributed by atoms with van der Waals surface area (Å²) >= 11 is 1.58. The molecule has 1 amide bonds. The average molecular weight is 440 g/mol. The number of para-hydroxylation sites is 1. The predicted molar refractivity (Wildman–Crippen MR) is 130 cm³/mol. The Hall–Kier alpha value is -2.47. The van der Waals surface area contributed by atoms with Crippen LogP contribution in [0.1, 0.15) is 24.2 Å². The summed E-state index contributed by atoms with van der Waals surface area (Å²) in [5.74, 6) is 0.00742. The molecule has 0 atom stereocenters. The molecule has 30 heavy (non-hydrogen) atoms. The van der Waals surface area contributed by atoms with Gasteiger partial charge in [-0.1, -0.05) is 73.7 Å². The van der Waals surface area contributed by atoms with E-state index in [9.17, 15) is 4.79 Å². The summed E-state index contributed by atoms with van der Waals surface area (Å²) in [6.45, 7) is 7.67. The Balaban J connectivity index is 0.00000256. The molecule has 156 valence electrons. The van der Waals surface area contributed by atoms with Gasteiger partial charge in [0.05, 0.1) is 10.2 Å². The summed E-state index contributed by atoms with van der Waals surface area (Å²) < 4.78 is 1.10. The number of hydrogen-bond donors (Lipinski definition) is 0. The summed E-state index contributed by atoms with van der Waals surface area (Å²) in [4.78, 5) is 22.7. The smallest absolute Gasteiger partial charge is 0.260 e. The van der Waals surface area contributed by atoms with Crippen molar-refractivity contribution >= 4 is 55.8 Å². The van der Waals surface area contributed by atoms with Crippen LogP contribution < -0.4 is 4.90 Å². The molecule has 0 saturated carbocycles. The van der Waals surface area contributed by atoms with Crippen molar-refractivity contribution in [2.24, 2.45) is 0 Å². The number of anilines is 1. The second-order valence-electron chi connectivity index (χ2n) is 6.97. The topological polar surface area (TPSA) is 36.4 Å². The zero-order valence-corrected chi connectivity index (χ0v) is 18.9. The first kappa shape index (κ1) is 22.2. The minimum absolute atomic E-state index is 0. The Morgan fingerprint density at radius 2 is 1.60 bits per heavy atom. The van der Waals surface area contributed by atoms with Gasteiger partial charge in [0.2, 0.25) is 0 Å². The molecular formula is C24H26ClN3OS. The number of amides is 1. The maximum Gasteiger partial charge on any atom is 0.260 e. The van der Waals surface area contributed by atoms with Crippen LogP contribution in [-0.4, -0.2) is 42.0 Å². The second-order valence-corrected chi connectivity index (χ2v) is 7.98. The quantitative estimate of drug-likeness (QED) is 0.362. The number of nitrogens with zero attached hydrogens (tertiary/aromatic N) is 3. The molecule has 0 unspecified atom stereocenters. The lowest BCUT2D eigenvalue weighted by molar-refractivity contribution is 0.0985. The van der Waals surface area contributed by atoms with Gasteiger partial charge in [-0.2, -0.15) is 0 Å². The molecule has 0 radical (unpaired) electrons. The van der Waals surface area contributed by atoms with Crippen LogP contribution in [-0.2, 0) is 0 Å². The van der Waals surface area contributed by atoms with Crippen molar-refractivity contribution in [1.82, 2.24) is 9.88 Å². The number of benzene rings is 3. The Bertz CT molecular complexity index is 1100. The van der Waals surface area contributed by atoms with E-state index in [0.717, 1.165) is 51.3 Å². The van der Waals surface area contributed by atoms with Gasteiger partial charge in [-0.25, -0.2) is 4.98 Å².